The Hall–Kier alpha value is -1.31. The molecular formula is C11H22N2O5S. The fourth-order valence-electron chi connectivity index (χ4n) is 1.34. The van der Waals surface area contributed by atoms with Crippen molar-refractivity contribution >= 4 is 21.8 Å². The Kier molecular flexibility index (Phi) is 8.13. The van der Waals surface area contributed by atoms with Gasteiger partial charge in [0.2, 0.25) is 0 Å². The first-order valence-corrected chi connectivity index (χ1v) is 8.12. The van der Waals surface area contributed by atoms with E-state index in [4.69, 9.17) is 5.11 Å². The van der Waals surface area contributed by atoms with Crippen molar-refractivity contribution in [2.24, 2.45) is 0 Å². The molecule has 2 amide bonds. The highest BCUT2D eigenvalue weighted by Gasteiger charge is 2.19. The summed E-state index contributed by atoms with van der Waals surface area (Å²) in [5, 5.41) is 13.6. The molecule has 0 aromatic carbocycles. The molecule has 0 saturated heterocycles. The Bertz CT molecular complexity index is 394. The molecule has 7 nitrogen and oxygen atoms in total. The highest BCUT2D eigenvalue weighted by Crippen LogP contribution is 2.00. The molecule has 0 rings (SSSR count). The quantitative estimate of drug-likeness (QED) is 0.568. The van der Waals surface area contributed by atoms with Gasteiger partial charge in [-0.2, -0.15) is 0 Å². The fourth-order valence-corrected chi connectivity index (χ4v) is 2.04. The number of carbonyl (C=O) groups is 2. The summed E-state index contributed by atoms with van der Waals surface area (Å²) in [6.07, 6.45) is 1.88. The number of sulfone groups is 1. The summed E-state index contributed by atoms with van der Waals surface area (Å²) >= 11 is 0. The minimum Gasteiger partial charge on any atom is -0.480 e. The number of aliphatic carboxylic acids is 1. The molecule has 0 aliphatic heterocycles. The zero-order valence-corrected chi connectivity index (χ0v) is 12.1. The average molecular weight is 294 g/mol. The van der Waals surface area contributed by atoms with Gasteiger partial charge in [-0.1, -0.05) is 26.7 Å². The van der Waals surface area contributed by atoms with Crippen LogP contribution in [-0.2, 0) is 14.6 Å². The van der Waals surface area contributed by atoms with Crippen LogP contribution < -0.4 is 10.6 Å². The average Bonchev–Trinajstić information content (AvgIpc) is 2.33. The number of unbranched alkanes of at least 4 members (excludes halogenated alkanes) is 1. The van der Waals surface area contributed by atoms with E-state index in [0.29, 0.717) is 12.8 Å². The van der Waals surface area contributed by atoms with Gasteiger partial charge in [0.05, 0.1) is 5.75 Å². The van der Waals surface area contributed by atoms with E-state index in [0.717, 1.165) is 6.42 Å². The second-order valence-corrected chi connectivity index (χ2v) is 6.64. The van der Waals surface area contributed by atoms with Gasteiger partial charge in [-0.3, -0.25) is 0 Å². The highest BCUT2D eigenvalue weighted by molar-refractivity contribution is 7.91. The Morgan fingerprint density at radius 3 is 2.37 bits per heavy atom. The van der Waals surface area contributed by atoms with E-state index in [1.165, 1.54) is 6.92 Å². The van der Waals surface area contributed by atoms with Crippen LogP contribution in [-0.4, -0.2) is 49.6 Å². The summed E-state index contributed by atoms with van der Waals surface area (Å²) in [6.45, 7) is 3.43. The maximum Gasteiger partial charge on any atom is 0.326 e. The zero-order valence-electron chi connectivity index (χ0n) is 11.3. The number of carboxylic acids is 1. The summed E-state index contributed by atoms with van der Waals surface area (Å²) < 4.78 is 22.4. The maximum atomic E-state index is 11.4. The van der Waals surface area contributed by atoms with Crippen LogP contribution in [0.5, 0.6) is 0 Å². The number of carboxylic acid groups (broad SMARTS) is 1. The van der Waals surface area contributed by atoms with Crippen LogP contribution >= 0.6 is 0 Å². The van der Waals surface area contributed by atoms with Gasteiger partial charge in [0.15, 0.2) is 9.84 Å². The third-order valence-corrected chi connectivity index (χ3v) is 4.29. The second-order valence-electron chi connectivity index (χ2n) is 4.17. The summed E-state index contributed by atoms with van der Waals surface area (Å²) in [5.41, 5.74) is 0. The smallest absolute Gasteiger partial charge is 0.326 e. The van der Waals surface area contributed by atoms with Gasteiger partial charge in [-0.05, 0) is 6.42 Å². The highest BCUT2D eigenvalue weighted by atomic mass is 32.2. The van der Waals surface area contributed by atoms with Crippen molar-refractivity contribution in [1.29, 1.82) is 0 Å². The Balaban J connectivity index is 4.10. The van der Waals surface area contributed by atoms with Crippen molar-refractivity contribution in [3.63, 3.8) is 0 Å². The summed E-state index contributed by atoms with van der Waals surface area (Å²) in [7, 11) is -3.13. The summed E-state index contributed by atoms with van der Waals surface area (Å²) in [4.78, 5) is 22.3. The molecule has 1 atom stereocenters. The normalized spacial score (nSPS) is 12.7. The van der Waals surface area contributed by atoms with E-state index in [2.05, 4.69) is 10.6 Å². The lowest BCUT2D eigenvalue weighted by atomic mass is 10.1. The van der Waals surface area contributed by atoms with Crippen LogP contribution in [0.4, 0.5) is 4.79 Å². The minimum atomic E-state index is -3.13. The van der Waals surface area contributed by atoms with E-state index in [1.807, 2.05) is 6.92 Å². The Labute approximate surface area is 113 Å². The van der Waals surface area contributed by atoms with Crippen molar-refractivity contribution in [2.75, 3.05) is 18.1 Å². The molecule has 0 aliphatic rings. The molecule has 0 aromatic heterocycles. The van der Waals surface area contributed by atoms with Crippen LogP contribution in [0.1, 0.15) is 33.1 Å². The standard InChI is InChI=1S/C11H22N2O5S/c1-3-5-6-9(10(14)15)13-11(16)12-7-8-19(17,18)4-2/h9H,3-8H2,1-2H3,(H,14,15)(H2,12,13,16)/t9-/m0/s1. The molecule has 0 radical (unpaired) electrons. The first kappa shape index (κ1) is 17.7. The first-order valence-electron chi connectivity index (χ1n) is 6.30. The molecule has 0 aromatic rings. The Morgan fingerprint density at radius 1 is 1.26 bits per heavy atom. The number of nitrogens with one attached hydrogen (secondary N) is 2. The van der Waals surface area contributed by atoms with E-state index >= 15 is 0 Å². The van der Waals surface area contributed by atoms with Crippen molar-refractivity contribution in [2.45, 2.75) is 39.2 Å². The molecule has 19 heavy (non-hydrogen) atoms. The molecule has 3 N–H and O–H groups in total. The third kappa shape index (κ3) is 8.41. The van der Waals surface area contributed by atoms with Crippen molar-refractivity contribution in [3.05, 3.63) is 0 Å². The predicted octanol–water partition coefficient (Wildman–Crippen LogP) is 0.364. The van der Waals surface area contributed by atoms with Crippen molar-refractivity contribution in [3.8, 4) is 0 Å². The molecule has 0 saturated carbocycles. The summed E-state index contributed by atoms with van der Waals surface area (Å²) in [5.74, 6) is -1.22. The van der Waals surface area contributed by atoms with Crippen LogP contribution in [0.3, 0.4) is 0 Å². The Morgan fingerprint density at radius 2 is 1.89 bits per heavy atom. The molecule has 0 spiro atoms. The lowest BCUT2D eigenvalue weighted by molar-refractivity contribution is -0.139. The largest absolute Gasteiger partial charge is 0.480 e. The number of rotatable bonds is 9. The van der Waals surface area contributed by atoms with Crippen molar-refractivity contribution < 1.29 is 23.1 Å². The second kappa shape index (κ2) is 8.73. The minimum absolute atomic E-state index is 0.0184. The van der Waals surface area contributed by atoms with Gasteiger partial charge in [0.25, 0.3) is 0 Å². The van der Waals surface area contributed by atoms with Crippen molar-refractivity contribution in [1.82, 2.24) is 10.6 Å². The molecule has 0 fully saturated rings. The number of urea groups is 1. The molecule has 8 heteroatoms. The van der Waals surface area contributed by atoms with Gasteiger partial charge >= 0.3 is 12.0 Å². The third-order valence-electron chi connectivity index (χ3n) is 2.59. The molecule has 0 bridgehead atoms. The monoisotopic (exact) mass is 294 g/mol. The van der Waals surface area contributed by atoms with E-state index in [9.17, 15) is 18.0 Å². The number of carbonyl (C=O) groups excluding carboxylic acids is 1. The zero-order chi connectivity index (χ0) is 14.9. The predicted molar refractivity (Wildman–Crippen MR) is 71.8 cm³/mol. The van der Waals surface area contributed by atoms with Crippen LogP contribution in [0.15, 0.2) is 0 Å². The number of amides is 2. The lowest BCUT2D eigenvalue weighted by Crippen LogP contribution is -2.46. The fraction of sp³-hybridized carbons (Fsp3) is 0.818. The van der Waals surface area contributed by atoms with Gasteiger partial charge in [-0.25, -0.2) is 18.0 Å². The molecular weight excluding hydrogens is 272 g/mol. The van der Waals surface area contributed by atoms with Gasteiger partial charge in [0, 0.05) is 12.3 Å². The van der Waals surface area contributed by atoms with Gasteiger partial charge in [0.1, 0.15) is 6.04 Å². The number of hydrogen-bond donors (Lipinski definition) is 3. The van der Waals surface area contributed by atoms with Crippen LogP contribution in [0, 0.1) is 0 Å². The lowest BCUT2D eigenvalue weighted by Gasteiger charge is -2.14. The molecule has 112 valence electrons. The van der Waals surface area contributed by atoms with Crippen LogP contribution in [0.25, 0.3) is 0 Å². The van der Waals surface area contributed by atoms with E-state index in [-0.39, 0.29) is 18.1 Å². The van der Waals surface area contributed by atoms with E-state index < -0.39 is 27.9 Å². The molecule has 0 unspecified atom stereocenters. The van der Waals surface area contributed by atoms with E-state index in [1.54, 1.807) is 0 Å². The van der Waals surface area contributed by atoms with Crippen LogP contribution in [0.2, 0.25) is 0 Å². The topological polar surface area (TPSA) is 113 Å². The summed E-state index contributed by atoms with van der Waals surface area (Å²) in [6, 6.07) is -1.60. The number of hydrogen-bond acceptors (Lipinski definition) is 4. The first-order chi connectivity index (χ1) is 8.82. The van der Waals surface area contributed by atoms with Gasteiger partial charge < -0.3 is 15.7 Å². The molecule has 0 aliphatic carbocycles. The SMILES string of the molecule is CCCC[C@H](NC(=O)NCCS(=O)(=O)CC)C(=O)O. The maximum absolute atomic E-state index is 11.4. The molecule has 0 heterocycles. The van der Waals surface area contributed by atoms with Gasteiger partial charge in [-0.15, -0.1) is 0 Å².